The molecule has 0 spiro atoms. The van der Waals surface area contributed by atoms with Crippen LogP contribution in [-0.2, 0) is 4.74 Å². The molecule has 2 atom stereocenters. The fourth-order valence-corrected chi connectivity index (χ4v) is 5.67. The molecule has 1 aromatic carbocycles. The topological polar surface area (TPSA) is 51.6 Å². The minimum absolute atomic E-state index is 0.0608. The first-order chi connectivity index (χ1) is 16.7. The zero-order chi connectivity index (χ0) is 23.5. The lowest BCUT2D eigenvalue weighted by Crippen LogP contribution is -2.30. The highest BCUT2D eigenvalue weighted by molar-refractivity contribution is 7.80. The van der Waals surface area contributed by atoms with Crippen molar-refractivity contribution in [3.63, 3.8) is 0 Å². The summed E-state index contributed by atoms with van der Waals surface area (Å²) in [6.07, 6.45) is 9.01. The molecule has 8 heteroatoms. The van der Waals surface area contributed by atoms with Gasteiger partial charge in [-0.25, -0.2) is 0 Å². The second-order valence-corrected chi connectivity index (χ2v) is 9.53. The second kappa shape index (κ2) is 10.3. The number of benzene rings is 1. The van der Waals surface area contributed by atoms with Crippen molar-refractivity contribution in [3.05, 3.63) is 77.3 Å². The smallest absolute Gasteiger partial charge is 0.174 e. The van der Waals surface area contributed by atoms with Gasteiger partial charge in [-0.05, 0) is 67.5 Å². The lowest BCUT2D eigenvalue weighted by Gasteiger charge is -2.30. The number of rotatable bonds is 8. The molecule has 0 bridgehead atoms. The summed E-state index contributed by atoms with van der Waals surface area (Å²) in [5, 5.41) is 4.74. The van der Waals surface area contributed by atoms with Crippen molar-refractivity contribution in [2.75, 3.05) is 25.2 Å². The van der Waals surface area contributed by atoms with Gasteiger partial charge >= 0.3 is 0 Å². The van der Waals surface area contributed by atoms with Crippen molar-refractivity contribution in [1.82, 2.24) is 14.9 Å². The van der Waals surface area contributed by atoms with Gasteiger partial charge in [0.25, 0.3) is 0 Å². The van der Waals surface area contributed by atoms with Crippen LogP contribution in [0, 0.1) is 0 Å². The van der Waals surface area contributed by atoms with E-state index in [1.165, 1.54) is 31.4 Å². The van der Waals surface area contributed by atoms with Crippen LogP contribution < -0.4 is 15.0 Å². The van der Waals surface area contributed by atoms with E-state index in [0.29, 0.717) is 35.1 Å². The van der Waals surface area contributed by atoms with Crippen LogP contribution in [0.2, 0.25) is 5.02 Å². The van der Waals surface area contributed by atoms with Crippen molar-refractivity contribution in [3.8, 4) is 5.75 Å². The summed E-state index contributed by atoms with van der Waals surface area (Å²) in [4.78, 5) is 6.84. The van der Waals surface area contributed by atoms with E-state index in [2.05, 4.69) is 44.2 Å². The zero-order valence-electron chi connectivity index (χ0n) is 19.2. The number of methoxy groups -OCH3 is 1. The van der Waals surface area contributed by atoms with Crippen molar-refractivity contribution in [1.29, 1.82) is 0 Å². The zero-order valence-corrected chi connectivity index (χ0v) is 20.8. The Hall–Kier alpha value is -2.61. The van der Waals surface area contributed by atoms with E-state index >= 15 is 0 Å². The fourth-order valence-electron chi connectivity index (χ4n) is 5.10. The number of hydrogen-bond donors (Lipinski definition) is 1. The molecule has 1 saturated heterocycles. The minimum atomic E-state index is -0.0832. The molecule has 0 radical (unpaired) electrons. The molecule has 3 heterocycles. The van der Waals surface area contributed by atoms with Crippen LogP contribution in [0.5, 0.6) is 5.75 Å². The summed E-state index contributed by atoms with van der Waals surface area (Å²) >= 11 is 12.5. The van der Waals surface area contributed by atoms with E-state index in [0.717, 1.165) is 11.4 Å². The highest BCUT2D eigenvalue weighted by Gasteiger charge is 2.42. The number of anilines is 1. The third kappa shape index (κ3) is 4.52. The predicted molar refractivity (Wildman–Crippen MR) is 139 cm³/mol. The monoisotopic (exact) mass is 496 g/mol. The number of nitrogens with one attached hydrogen (secondary N) is 1. The Labute approximate surface area is 210 Å². The molecule has 2 aliphatic rings. The van der Waals surface area contributed by atoms with E-state index < -0.39 is 0 Å². The van der Waals surface area contributed by atoms with E-state index in [4.69, 9.17) is 33.3 Å². The molecular weight excluding hydrogens is 468 g/mol. The molecule has 5 rings (SSSR count). The first kappa shape index (κ1) is 23.1. The summed E-state index contributed by atoms with van der Waals surface area (Å²) in [6.45, 7) is 0.947. The summed E-state index contributed by atoms with van der Waals surface area (Å²) in [7, 11) is 1.65. The Kier molecular flexibility index (Phi) is 7.04. The Morgan fingerprint density at radius 2 is 1.97 bits per heavy atom. The van der Waals surface area contributed by atoms with E-state index in [1.54, 1.807) is 7.11 Å². The summed E-state index contributed by atoms with van der Waals surface area (Å²) in [5.74, 6) is 0.632. The molecule has 3 aromatic rings. The average molecular weight is 497 g/mol. The van der Waals surface area contributed by atoms with Crippen LogP contribution in [0.4, 0.5) is 5.69 Å². The Balaban J connectivity index is 1.54. The second-order valence-electron chi connectivity index (χ2n) is 8.73. The van der Waals surface area contributed by atoms with E-state index in [9.17, 15) is 0 Å². The van der Waals surface area contributed by atoms with Gasteiger partial charge in [0, 0.05) is 36.9 Å². The van der Waals surface area contributed by atoms with Crippen LogP contribution in [-0.4, -0.2) is 35.0 Å². The molecule has 1 aliphatic heterocycles. The van der Waals surface area contributed by atoms with Gasteiger partial charge in [0.05, 0.1) is 23.4 Å². The van der Waals surface area contributed by atoms with Gasteiger partial charge in [-0.15, -0.1) is 0 Å². The third-order valence-electron chi connectivity index (χ3n) is 6.67. The Morgan fingerprint density at radius 3 is 2.71 bits per heavy atom. The third-order valence-corrected chi connectivity index (χ3v) is 7.28. The van der Waals surface area contributed by atoms with E-state index in [1.807, 2.05) is 36.5 Å². The van der Waals surface area contributed by atoms with Crippen LogP contribution in [0.25, 0.3) is 0 Å². The highest BCUT2D eigenvalue weighted by atomic mass is 35.5. The SMILES string of the molecule is COCCOc1ccc(N2C(=S)NC(c3ccccn3)C2c2cccn2C2CCCC2)cc1Cl. The highest BCUT2D eigenvalue weighted by Crippen LogP contribution is 2.44. The van der Waals surface area contributed by atoms with Crippen molar-refractivity contribution < 1.29 is 9.47 Å². The van der Waals surface area contributed by atoms with Crippen LogP contribution in [0.1, 0.15) is 55.2 Å². The lowest BCUT2D eigenvalue weighted by atomic mass is 10.00. The first-order valence-electron chi connectivity index (χ1n) is 11.8. The molecule has 178 valence electrons. The lowest BCUT2D eigenvalue weighted by molar-refractivity contribution is 0.146. The Bertz CT molecular complexity index is 1130. The number of ether oxygens (including phenoxy) is 2. The summed E-state index contributed by atoms with van der Waals surface area (Å²) < 4.78 is 13.3. The molecule has 1 aliphatic carbocycles. The average Bonchev–Trinajstić information content (AvgIpc) is 3.60. The number of pyridine rings is 1. The molecule has 34 heavy (non-hydrogen) atoms. The molecule has 1 N–H and O–H groups in total. The fraction of sp³-hybridized carbons (Fsp3) is 0.385. The van der Waals surface area contributed by atoms with Crippen LogP contribution in [0.3, 0.4) is 0 Å². The molecular formula is C26H29ClN4O2S. The maximum Gasteiger partial charge on any atom is 0.174 e. The molecule has 2 aromatic heterocycles. The van der Waals surface area contributed by atoms with Gasteiger partial charge in [-0.2, -0.15) is 0 Å². The van der Waals surface area contributed by atoms with E-state index in [-0.39, 0.29) is 12.1 Å². The van der Waals surface area contributed by atoms with Crippen LogP contribution >= 0.6 is 23.8 Å². The standard InChI is InChI=1S/C26H29ClN4O2S/c1-32-15-16-33-23-12-11-19(17-20(23)27)31-25(22-10-6-14-30(22)18-7-2-3-8-18)24(29-26(31)34)21-9-4-5-13-28-21/h4-6,9-14,17-18,24-25H,2-3,7-8,15-16H2,1H3,(H,29,34). The first-order valence-corrected chi connectivity index (χ1v) is 12.5. The minimum Gasteiger partial charge on any atom is -0.490 e. The number of aromatic nitrogens is 2. The van der Waals surface area contributed by atoms with Gasteiger partial charge in [0.1, 0.15) is 18.4 Å². The molecule has 1 saturated carbocycles. The number of halogens is 1. The predicted octanol–water partition coefficient (Wildman–Crippen LogP) is 5.85. The normalized spacial score (nSPS) is 20.6. The quantitative estimate of drug-likeness (QED) is 0.311. The molecule has 2 unspecified atom stereocenters. The van der Waals surface area contributed by atoms with Crippen molar-refractivity contribution in [2.45, 2.75) is 43.8 Å². The number of thiocarbonyl (C=S) groups is 1. The van der Waals surface area contributed by atoms with Crippen molar-refractivity contribution in [2.24, 2.45) is 0 Å². The maximum absolute atomic E-state index is 6.62. The van der Waals surface area contributed by atoms with Gasteiger partial charge in [0.2, 0.25) is 0 Å². The van der Waals surface area contributed by atoms with Gasteiger partial charge in [0.15, 0.2) is 5.11 Å². The van der Waals surface area contributed by atoms with Gasteiger partial charge < -0.3 is 24.3 Å². The molecule has 0 amide bonds. The van der Waals surface area contributed by atoms with Crippen LogP contribution in [0.15, 0.2) is 60.9 Å². The Morgan fingerprint density at radius 1 is 1.12 bits per heavy atom. The van der Waals surface area contributed by atoms with Gasteiger partial charge in [-0.1, -0.05) is 30.5 Å². The summed E-state index contributed by atoms with van der Waals surface area (Å²) in [5.41, 5.74) is 3.11. The maximum atomic E-state index is 6.62. The summed E-state index contributed by atoms with van der Waals surface area (Å²) in [6, 6.07) is 16.6. The number of hydrogen-bond acceptors (Lipinski definition) is 4. The van der Waals surface area contributed by atoms with Crippen molar-refractivity contribution >= 4 is 34.6 Å². The largest absolute Gasteiger partial charge is 0.490 e. The molecule has 6 nitrogen and oxygen atoms in total. The number of nitrogens with zero attached hydrogens (tertiary/aromatic N) is 3. The molecule has 2 fully saturated rings. The van der Waals surface area contributed by atoms with Gasteiger partial charge in [-0.3, -0.25) is 4.98 Å².